The number of ether oxygens (including phenoxy) is 1. The molecule has 1 heterocycles. The maximum absolute atomic E-state index is 12.9. The Balaban J connectivity index is 1.48. The predicted octanol–water partition coefficient (Wildman–Crippen LogP) is 2.95. The van der Waals surface area contributed by atoms with Crippen molar-refractivity contribution in [1.82, 2.24) is 10.2 Å². The zero-order chi connectivity index (χ0) is 24.0. The molecule has 0 aromatic heterocycles. The number of allylic oxidation sites excluding steroid dienone is 2. The lowest BCUT2D eigenvalue weighted by Crippen LogP contribution is -2.47. The molecular weight excluding hydrogens is 420 g/mol. The summed E-state index contributed by atoms with van der Waals surface area (Å²) in [7, 11) is 0. The van der Waals surface area contributed by atoms with Gasteiger partial charge in [0.15, 0.2) is 0 Å². The Hall–Kier alpha value is -2.96. The number of nitrogens with one attached hydrogen (secondary N) is 1. The Bertz CT molecular complexity index is 880. The number of benzene rings is 1. The molecule has 33 heavy (non-hydrogen) atoms. The number of amides is 3. The highest BCUT2D eigenvalue weighted by Crippen LogP contribution is 2.37. The number of carbonyl (C=O) groups is 4. The Morgan fingerprint density at radius 1 is 1.06 bits per heavy atom. The van der Waals surface area contributed by atoms with Gasteiger partial charge in [-0.2, -0.15) is 0 Å². The van der Waals surface area contributed by atoms with Gasteiger partial charge in [0.05, 0.1) is 18.4 Å². The summed E-state index contributed by atoms with van der Waals surface area (Å²) in [6.07, 6.45) is 6.25. The maximum Gasteiger partial charge on any atom is 0.329 e. The maximum atomic E-state index is 12.9. The molecule has 1 aliphatic carbocycles. The van der Waals surface area contributed by atoms with Crippen molar-refractivity contribution in [3.05, 3.63) is 47.5 Å². The van der Waals surface area contributed by atoms with Crippen molar-refractivity contribution in [2.45, 2.75) is 58.9 Å². The molecule has 0 bridgehead atoms. The first-order valence-corrected chi connectivity index (χ1v) is 11.8. The van der Waals surface area contributed by atoms with Gasteiger partial charge in [-0.15, -0.1) is 0 Å². The fraction of sp³-hybridized carbons (Fsp3) is 0.538. The lowest BCUT2D eigenvalue weighted by Gasteiger charge is -2.26. The second kappa shape index (κ2) is 11.3. The van der Waals surface area contributed by atoms with E-state index in [-0.39, 0.29) is 48.6 Å². The van der Waals surface area contributed by atoms with E-state index >= 15 is 0 Å². The monoisotopic (exact) mass is 454 g/mol. The fourth-order valence-corrected chi connectivity index (χ4v) is 4.43. The smallest absolute Gasteiger partial charge is 0.329 e. The highest BCUT2D eigenvalue weighted by molar-refractivity contribution is 6.08. The number of aryl methyl sites for hydroxylation is 2. The average Bonchev–Trinajstić information content (AvgIpc) is 3.04. The van der Waals surface area contributed by atoms with Crippen molar-refractivity contribution in [1.29, 1.82) is 0 Å². The average molecular weight is 455 g/mol. The lowest BCUT2D eigenvalue weighted by molar-refractivity contribution is -0.159. The number of rotatable bonds is 10. The van der Waals surface area contributed by atoms with Gasteiger partial charge >= 0.3 is 5.97 Å². The van der Waals surface area contributed by atoms with Gasteiger partial charge in [0, 0.05) is 6.42 Å². The third-order valence-electron chi connectivity index (χ3n) is 6.25. The van der Waals surface area contributed by atoms with E-state index in [1.54, 1.807) is 0 Å². The number of fused-ring (bicyclic) bond motifs is 1. The van der Waals surface area contributed by atoms with Crippen LogP contribution in [-0.4, -0.2) is 47.8 Å². The Kier molecular flexibility index (Phi) is 8.42. The zero-order valence-corrected chi connectivity index (χ0v) is 19.7. The number of hydrogen-bond acceptors (Lipinski definition) is 5. The minimum atomic E-state index is -0.923. The van der Waals surface area contributed by atoms with E-state index in [0.29, 0.717) is 32.1 Å². The van der Waals surface area contributed by atoms with Crippen LogP contribution in [0.2, 0.25) is 0 Å². The Morgan fingerprint density at radius 2 is 1.67 bits per heavy atom. The highest BCUT2D eigenvalue weighted by Gasteiger charge is 2.51. The normalized spacial score (nSPS) is 20.7. The van der Waals surface area contributed by atoms with E-state index < -0.39 is 12.0 Å². The number of carbonyl (C=O) groups excluding carboxylic acids is 4. The first kappa shape index (κ1) is 24.7. The van der Waals surface area contributed by atoms with Crippen LogP contribution in [0, 0.1) is 24.7 Å². The number of nitrogens with zero attached hydrogens (tertiary/aromatic N) is 1. The van der Waals surface area contributed by atoms with Crippen molar-refractivity contribution in [2.24, 2.45) is 17.8 Å². The molecule has 3 rings (SSSR count). The van der Waals surface area contributed by atoms with Crippen LogP contribution < -0.4 is 5.32 Å². The van der Waals surface area contributed by atoms with Crippen molar-refractivity contribution in [2.75, 3.05) is 13.2 Å². The lowest BCUT2D eigenvalue weighted by atomic mass is 9.85. The third kappa shape index (κ3) is 6.30. The molecule has 3 amide bonds. The van der Waals surface area contributed by atoms with Crippen molar-refractivity contribution in [3.8, 4) is 0 Å². The summed E-state index contributed by atoms with van der Waals surface area (Å²) in [5.74, 6) is -1.92. The van der Waals surface area contributed by atoms with Gasteiger partial charge in [-0.1, -0.05) is 55.8 Å². The summed E-state index contributed by atoms with van der Waals surface area (Å²) in [6.45, 7) is 6.07. The van der Waals surface area contributed by atoms with Gasteiger partial charge in [0.1, 0.15) is 12.6 Å². The molecule has 1 aromatic rings. The van der Waals surface area contributed by atoms with Crippen LogP contribution in [0.1, 0.15) is 50.7 Å². The molecule has 3 unspecified atom stereocenters. The number of imide groups is 1. The standard InChI is InChI=1S/C26H34N2O5/c1-17(2)16-22(28-24(30)20-6-4-5-7-21(20)25(28)31)26(32)33-15-14-27-23(29)13-12-19-10-8-18(3)9-11-19/h4-5,8-11,17,20-22H,6-7,12-16H2,1-3H3,(H,27,29). The summed E-state index contributed by atoms with van der Waals surface area (Å²) in [6, 6.07) is 7.12. The topological polar surface area (TPSA) is 92.8 Å². The van der Waals surface area contributed by atoms with E-state index in [0.717, 1.165) is 10.5 Å². The minimum absolute atomic E-state index is 0.00562. The van der Waals surface area contributed by atoms with Crippen molar-refractivity contribution in [3.63, 3.8) is 0 Å². The van der Waals surface area contributed by atoms with Crippen LogP contribution in [-0.2, 0) is 30.3 Å². The fourth-order valence-electron chi connectivity index (χ4n) is 4.43. The number of hydrogen-bond donors (Lipinski definition) is 1. The first-order valence-electron chi connectivity index (χ1n) is 11.8. The van der Waals surface area contributed by atoms with Crippen LogP contribution in [0.25, 0.3) is 0 Å². The molecule has 1 aliphatic heterocycles. The molecule has 7 nitrogen and oxygen atoms in total. The molecule has 0 saturated carbocycles. The SMILES string of the molecule is Cc1ccc(CCC(=O)NCCOC(=O)C(CC(C)C)N2C(=O)C3CC=CCC3C2=O)cc1. The van der Waals surface area contributed by atoms with Gasteiger partial charge in [0.2, 0.25) is 17.7 Å². The van der Waals surface area contributed by atoms with Crippen LogP contribution >= 0.6 is 0 Å². The number of esters is 1. The second-order valence-electron chi connectivity index (χ2n) is 9.35. The Morgan fingerprint density at radius 3 is 2.24 bits per heavy atom. The molecule has 7 heteroatoms. The molecular formula is C26H34N2O5. The van der Waals surface area contributed by atoms with E-state index in [4.69, 9.17) is 4.74 Å². The van der Waals surface area contributed by atoms with E-state index in [2.05, 4.69) is 5.32 Å². The largest absolute Gasteiger partial charge is 0.462 e. The van der Waals surface area contributed by atoms with Crippen LogP contribution in [0.3, 0.4) is 0 Å². The van der Waals surface area contributed by atoms with Crippen molar-refractivity contribution >= 4 is 23.7 Å². The molecule has 0 spiro atoms. The molecule has 1 N–H and O–H groups in total. The van der Waals surface area contributed by atoms with Gasteiger partial charge in [-0.3, -0.25) is 19.3 Å². The van der Waals surface area contributed by atoms with Gasteiger partial charge < -0.3 is 10.1 Å². The molecule has 0 radical (unpaired) electrons. The third-order valence-corrected chi connectivity index (χ3v) is 6.25. The van der Waals surface area contributed by atoms with Crippen LogP contribution in [0.4, 0.5) is 0 Å². The summed E-state index contributed by atoms with van der Waals surface area (Å²) < 4.78 is 5.38. The molecule has 2 aliphatic rings. The second-order valence-corrected chi connectivity index (χ2v) is 9.35. The minimum Gasteiger partial charge on any atom is -0.462 e. The predicted molar refractivity (Wildman–Crippen MR) is 124 cm³/mol. The summed E-state index contributed by atoms with van der Waals surface area (Å²) in [4.78, 5) is 51.9. The molecule has 1 saturated heterocycles. The molecule has 1 aromatic carbocycles. The zero-order valence-electron chi connectivity index (χ0n) is 19.7. The molecule has 3 atom stereocenters. The van der Waals surface area contributed by atoms with E-state index in [1.165, 1.54) is 5.56 Å². The summed E-state index contributed by atoms with van der Waals surface area (Å²) in [5, 5.41) is 2.76. The van der Waals surface area contributed by atoms with Gasteiger partial charge in [0.25, 0.3) is 0 Å². The number of likely N-dealkylation sites (tertiary alicyclic amines) is 1. The summed E-state index contributed by atoms with van der Waals surface area (Å²) >= 11 is 0. The van der Waals surface area contributed by atoms with Gasteiger partial charge in [-0.25, -0.2) is 4.79 Å². The van der Waals surface area contributed by atoms with Crippen LogP contribution in [0.15, 0.2) is 36.4 Å². The van der Waals surface area contributed by atoms with Crippen LogP contribution in [0.5, 0.6) is 0 Å². The van der Waals surface area contributed by atoms with Crippen molar-refractivity contribution < 1.29 is 23.9 Å². The van der Waals surface area contributed by atoms with E-state index in [1.807, 2.05) is 57.2 Å². The quantitative estimate of drug-likeness (QED) is 0.254. The Labute approximate surface area is 195 Å². The molecule has 178 valence electrons. The first-order chi connectivity index (χ1) is 15.8. The van der Waals surface area contributed by atoms with E-state index in [9.17, 15) is 19.2 Å². The van der Waals surface area contributed by atoms with Gasteiger partial charge in [-0.05, 0) is 44.1 Å². The summed E-state index contributed by atoms with van der Waals surface area (Å²) in [5.41, 5.74) is 2.27. The highest BCUT2D eigenvalue weighted by atomic mass is 16.5. The molecule has 1 fully saturated rings.